The molecule has 0 aromatic heterocycles. The number of nitrogens with one attached hydrogen (secondary N) is 2. The molecule has 1 amide bonds. The fourth-order valence-corrected chi connectivity index (χ4v) is 2.23. The van der Waals surface area contributed by atoms with Crippen molar-refractivity contribution in [2.24, 2.45) is 0 Å². The van der Waals surface area contributed by atoms with Gasteiger partial charge in [-0.15, -0.1) is 12.4 Å². The number of hydrogen-bond acceptors (Lipinski definition) is 5. The predicted octanol–water partition coefficient (Wildman–Crippen LogP) is 2.52. The van der Waals surface area contributed by atoms with Crippen molar-refractivity contribution in [3.8, 4) is 11.5 Å². The van der Waals surface area contributed by atoms with E-state index in [0.29, 0.717) is 24.6 Å². The average molecular weight is 381 g/mol. The van der Waals surface area contributed by atoms with Crippen LogP contribution in [0.15, 0.2) is 42.5 Å². The molecule has 0 fully saturated rings. The molecular weight excluding hydrogens is 356 g/mol. The van der Waals surface area contributed by atoms with Gasteiger partial charge < -0.3 is 25.2 Å². The molecule has 0 unspecified atom stereocenters. The summed E-state index contributed by atoms with van der Waals surface area (Å²) in [5, 5.41) is 14.7. The molecule has 2 aromatic carbocycles. The Bertz CT molecular complexity index is 692. The third-order valence-electron chi connectivity index (χ3n) is 3.54. The first-order valence-corrected chi connectivity index (χ1v) is 8.10. The molecular formula is C19H25ClN2O4. The Labute approximate surface area is 159 Å². The lowest BCUT2D eigenvalue weighted by molar-refractivity contribution is -0.118. The van der Waals surface area contributed by atoms with Crippen molar-refractivity contribution in [1.29, 1.82) is 0 Å². The first kappa shape index (κ1) is 21.8. The normalized spacial score (nSPS) is 9.96. The van der Waals surface area contributed by atoms with Crippen LogP contribution < -0.4 is 20.1 Å². The van der Waals surface area contributed by atoms with E-state index >= 15 is 0 Å². The summed E-state index contributed by atoms with van der Waals surface area (Å²) in [5.74, 6) is 0.832. The molecule has 2 aromatic rings. The first-order chi connectivity index (χ1) is 12.1. The molecule has 7 heteroatoms. The maximum atomic E-state index is 12.0. The monoisotopic (exact) mass is 380 g/mol. The van der Waals surface area contributed by atoms with Gasteiger partial charge in [0.05, 0.1) is 13.7 Å². The van der Waals surface area contributed by atoms with Gasteiger partial charge >= 0.3 is 0 Å². The van der Waals surface area contributed by atoms with Crippen LogP contribution in [-0.2, 0) is 11.3 Å². The summed E-state index contributed by atoms with van der Waals surface area (Å²) in [6, 6.07) is 13.1. The Morgan fingerprint density at radius 1 is 1.12 bits per heavy atom. The highest BCUT2D eigenvalue weighted by molar-refractivity contribution is 5.91. The number of rotatable bonds is 9. The van der Waals surface area contributed by atoms with Crippen LogP contribution in [0.3, 0.4) is 0 Å². The van der Waals surface area contributed by atoms with Gasteiger partial charge in [-0.25, -0.2) is 0 Å². The Balaban J connectivity index is 0.00000338. The number of aliphatic hydroxyl groups is 1. The van der Waals surface area contributed by atoms with E-state index in [1.807, 2.05) is 43.3 Å². The maximum Gasteiger partial charge on any atom is 0.262 e. The number of aryl methyl sites for hydroxylation is 1. The minimum atomic E-state index is -0.236. The van der Waals surface area contributed by atoms with E-state index in [1.165, 1.54) is 0 Å². The standard InChI is InChI=1S/C19H24N2O4.ClH/c1-14-3-6-16(7-4-14)21-19(23)13-25-17-8-5-15(11-18(17)24-2)12-20-9-10-22;/h3-8,11,20,22H,9-10,12-13H2,1-2H3,(H,21,23);1H. The summed E-state index contributed by atoms with van der Waals surface area (Å²) in [7, 11) is 1.56. The summed E-state index contributed by atoms with van der Waals surface area (Å²) >= 11 is 0. The van der Waals surface area contributed by atoms with Gasteiger partial charge in [-0.05, 0) is 36.8 Å². The van der Waals surface area contributed by atoms with Crippen LogP contribution in [0.2, 0.25) is 0 Å². The van der Waals surface area contributed by atoms with Crippen LogP contribution in [0.25, 0.3) is 0 Å². The third kappa shape index (κ3) is 6.92. The van der Waals surface area contributed by atoms with Gasteiger partial charge in [0.2, 0.25) is 0 Å². The molecule has 3 N–H and O–H groups in total. The molecule has 0 saturated heterocycles. The van der Waals surface area contributed by atoms with Gasteiger partial charge in [0, 0.05) is 18.8 Å². The topological polar surface area (TPSA) is 79.8 Å². The molecule has 6 nitrogen and oxygen atoms in total. The highest BCUT2D eigenvalue weighted by Gasteiger charge is 2.09. The van der Waals surface area contributed by atoms with E-state index in [2.05, 4.69) is 10.6 Å². The van der Waals surface area contributed by atoms with E-state index in [-0.39, 0.29) is 31.5 Å². The van der Waals surface area contributed by atoms with Crippen LogP contribution in [0, 0.1) is 6.92 Å². The summed E-state index contributed by atoms with van der Waals surface area (Å²) < 4.78 is 10.9. The molecule has 0 bridgehead atoms. The molecule has 0 heterocycles. The van der Waals surface area contributed by atoms with Crippen LogP contribution >= 0.6 is 12.4 Å². The van der Waals surface area contributed by atoms with E-state index in [4.69, 9.17) is 14.6 Å². The fourth-order valence-electron chi connectivity index (χ4n) is 2.23. The largest absolute Gasteiger partial charge is 0.493 e. The lowest BCUT2D eigenvalue weighted by atomic mass is 10.2. The number of carbonyl (C=O) groups excluding carboxylic acids is 1. The number of amides is 1. The van der Waals surface area contributed by atoms with Crippen molar-refractivity contribution in [3.63, 3.8) is 0 Å². The van der Waals surface area contributed by atoms with Gasteiger partial charge in [-0.2, -0.15) is 0 Å². The van der Waals surface area contributed by atoms with Crippen LogP contribution in [0.1, 0.15) is 11.1 Å². The minimum Gasteiger partial charge on any atom is -0.493 e. The Morgan fingerprint density at radius 2 is 1.85 bits per heavy atom. The molecule has 0 aliphatic rings. The number of hydrogen-bond donors (Lipinski definition) is 3. The lowest BCUT2D eigenvalue weighted by Gasteiger charge is -2.13. The second-order valence-corrected chi connectivity index (χ2v) is 5.59. The SMILES string of the molecule is COc1cc(CNCCO)ccc1OCC(=O)Nc1ccc(C)cc1.Cl. The lowest BCUT2D eigenvalue weighted by Crippen LogP contribution is -2.20. The molecule has 142 valence electrons. The number of methoxy groups -OCH3 is 1. The average Bonchev–Trinajstić information content (AvgIpc) is 2.62. The quantitative estimate of drug-likeness (QED) is 0.582. The van der Waals surface area contributed by atoms with Crippen molar-refractivity contribution in [2.75, 3.05) is 32.2 Å². The summed E-state index contributed by atoms with van der Waals surface area (Å²) in [6.45, 7) is 3.12. The summed E-state index contributed by atoms with van der Waals surface area (Å²) in [5.41, 5.74) is 2.87. The number of ether oxygens (including phenoxy) is 2. The molecule has 0 spiro atoms. The van der Waals surface area contributed by atoms with E-state index in [0.717, 1.165) is 16.8 Å². The third-order valence-corrected chi connectivity index (χ3v) is 3.54. The van der Waals surface area contributed by atoms with Crippen molar-refractivity contribution >= 4 is 24.0 Å². The van der Waals surface area contributed by atoms with Crippen LogP contribution in [-0.4, -0.2) is 37.9 Å². The van der Waals surface area contributed by atoms with Gasteiger partial charge in [0.1, 0.15) is 0 Å². The molecule has 0 atom stereocenters. The van der Waals surface area contributed by atoms with Crippen molar-refractivity contribution in [1.82, 2.24) is 5.32 Å². The van der Waals surface area contributed by atoms with E-state index < -0.39 is 0 Å². The fraction of sp³-hybridized carbons (Fsp3) is 0.316. The van der Waals surface area contributed by atoms with Crippen molar-refractivity contribution in [2.45, 2.75) is 13.5 Å². The van der Waals surface area contributed by atoms with Gasteiger partial charge in [0.15, 0.2) is 18.1 Å². The number of halogens is 1. The Morgan fingerprint density at radius 3 is 2.50 bits per heavy atom. The zero-order valence-electron chi connectivity index (χ0n) is 15.0. The van der Waals surface area contributed by atoms with Crippen LogP contribution in [0.5, 0.6) is 11.5 Å². The van der Waals surface area contributed by atoms with Gasteiger partial charge in [-0.1, -0.05) is 23.8 Å². The van der Waals surface area contributed by atoms with E-state index in [9.17, 15) is 4.79 Å². The number of anilines is 1. The number of benzene rings is 2. The minimum absolute atomic E-state index is 0. The molecule has 26 heavy (non-hydrogen) atoms. The second kappa shape index (κ2) is 11.4. The maximum absolute atomic E-state index is 12.0. The summed E-state index contributed by atoms with van der Waals surface area (Å²) in [6.07, 6.45) is 0. The highest BCUT2D eigenvalue weighted by atomic mass is 35.5. The first-order valence-electron chi connectivity index (χ1n) is 8.10. The molecule has 0 saturated carbocycles. The Kier molecular flexibility index (Phi) is 9.51. The van der Waals surface area contributed by atoms with Crippen molar-refractivity contribution < 1.29 is 19.4 Å². The van der Waals surface area contributed by atoms with Gasteiger partial charge in [0.25, 0.3) is 5.91 Å². The number of aliphatic hydroxyl groups excluding tert-OH is 1. The highest BCUT2D eigenvalue weighted by Crippen LogP contribution is 2.28. The second-order valence-electron chi connectivity index (χ2n) is 5.59. The smallest absolute Gasteiger partial charge is 0.262 e. The zero-order valence-corrected chi connectivity index (χ0v) is 15.8. The van der Waals surface area contributed by atoms with Crippen LogP contribution in [0.4, 0.5) is 5.69 Å². The number of carbonyl (C=O) groups is 1. The van der Waals surface area contributed by atoms with Gasteiger partial charge in [-0.3, -0.25) is 4.79 Å². The van der Waals surface area contributed by atoms with Crippen molar-refractivity contribution in [3.05, 3.63) is 53.6 Å². The summed E-state index contributed by atoms with van der Waals surface area (Å²) in [4.78, 5) is 12.0. The molecule has 2 rings (SSSR count). The zero-order chi connectivity index (χ0) is 18.1. The van der Waals surface area contributed by atoms with E-state index in [1.54, 1.807) is 13.2 Å². The molecule has 0 aliphatic heterocycles. The Hall–Kier alpha value is -2.28. The predicted molar refractivity (Wildman–Crippen MR) is 104 cm³/mol. The molecule has 0 aliphatic carbocycles. The molecule has 0 radical (unpaired) electrons.